The third-order valence-electron chi connectivity index (χ3n) is 9.74. The van der Waals surface area contributed by atoms with Crippen molar-refractivity contribution in [2.75, 3.05) is 71.1 Å². The predicted molar refractivity (Wildman–Crippen MR) is 202 cm³/mol. The van der Waals surface area contributed by atoms with Crippen LogP contribution in [0.2, 0.25) is 0 Å². The van der Waals surface area contributed by atoms with Crippen LogP contribution in [-0.2, 0) is 32.6 Å². The number of anilines is 2. The van der Waals surface area contributed by atoms with Gasteiger partial charge in [-0.1, -0.05) is 12.1 Å². The summed E-state index contributed by atoms with van der Waals surface area (Å²) < 4.78 is 108. The molecule has 6 rings (SSSR count). The molecular weight excluding hydrogens is 772 g/mol. The maximum absolute atomic E-state index is 15.2. The number of amides is 1. The van der Waals surface area contributed by atoms with Crippen LogP contribution in [0, 0.1) is 12.7 Å². The number of carbonyl (C=O) groups is 1. The average Bonchev–Trinajstić information content (AvgIpc) is 3.22. The normalized spacial score (nSPS) is 16.9. The Hall–Kier alpha value is -5.17. The van der Waals surface area contributed by atoms with E-state index in [0.717, 1.165) is 11.0 Å². The smallest absolute Gasteiger partial charge is 0.264 e. The van der Waals surface area contributed by atoms with Gasteiger partial charge in [0.25, 0.3) is 21.9 Å². The molecule has 14 nitrogen and oxygen atoms in total. The van der Waals surface area contributed by atoms with Crippen molar-refractivity contribution in [2.45, 2.75) is 50.0 Å². The molecule has 0 saturated carbocycles. The second-order valence-corrected chi connectivity index (χ2v) is 15.2. The first-order valence-corrected chi connectivity index (χ1v) is 19.4. The molecule has 1 atom stereocenters. The number of sulfonamides is 1. The highest BCUT2D eigenvalue weighted by Gasteiger charge is 2.38. The molecule has 1 unspecified atom stereocenters. The second kappa shape index (κ2) is 17.5. The summed E-state index contributed by atoms with van der Waals surface area (Å²) in [5.74, 6) is -2.74. The number of alkyl halides is 2. The highest BCUT2D eigenvalue weighted by molar-refractivity contribution is 7.89. The predicted octanol–water partition coefficient (Wildman–Crippen LogP) is 5.60. The van der Waals surface area contributed by atoms with E-state index < -0.39 is 51.8 Å². The minimum absolute atomic E-state index is 0.0195. The van der Waals surface area contributed by atoms with Crippen molar-refractivity contribution in [1.29, 1.82) is 0 Å². The van der Waals surface area contributed by atoms with E-state index >= 15 is 4.39 Å². The van der Waals surface area contributed by atoms with Gasteiger partial charge in [-0.05, 0) is 31.2 Å². The van der Waals surface area contributed by atoms with Crippen molar-refractivity contribution in [1.82, 2.24) is 14.3 Å². The first kappa shape index (κ1) is 41.5. The molecule has 2 aromatic heterocycles. The van der Waals surface area contributed by atoms with E-state index in [0.29, 0.717) is 34.1 Å². The van der Waals surface area contributed by atoms with Gasteiger partial charge in [0, 0.05) is 74.5 Å². The van der Waals surface area contributed by atoms with Crippen LogP contribution in [0.25, 0.3) is 0 Å². The van der Waals surface area contributed by atoms with Gasteiger partial charge in [0.15, 0.2) is 11.3 Å². The summed E-state index contributed by atoms with van der Waals surface area (Å²) in [6, 6.07) is 13.6. The lowest BCUT2D eigenvalue weighted by Crippen LogP contribution is -2.48. The molecule has 18 heteroatoms. The summed E-state index contributed by atoms with van der Waals surface area (Å²) >= 11 is 0. The molecule has 4 aromatic rings. The van der Waals surface area contributed by atoms with Crippen molar-refractivity contribution in [2.24, 2.45) is 0 Å². The van der Waals surface area contributed by atoms with Gasteiger partial charge >= 0.3 is 0 Å². The number of halogens is 3. The molecule has 306 valence electrons. The number of carbonyl (C=O) groups excluding carboxylic acids is 1. The monoisotopic (exact) mass is 815 g/mol. The highest BCUT2D eigenvalue weighted by atomic mass is 32.2. The van der Waals surface area contributed by atoms with Crippen molar-refractivity contribution in [3.63, 3.8) is 0 Å². The summed E-state index contributed by atoms with van der Waals surface area (Å²) in [5, 5.41) is -0.429. The van der Waals surface area contributed by atoms with E-state index in [9.17, 15) is 22.0 Å². The number of benzene rings is 2. The Morgan fingerprint density at radius 1 is 0.895 bits per heavy atom. The molecule has 0 N–H and O–H groups in total. The van der Waals surface area contributed by atoms with E-state index in [4.69, 9.17) is 28.4 Å². The van der Waals surface area contributed by atoms with E-state index in [2.05, 4.69) is 9.97 Å². The minimum atomic E-state index is -4.52. The number of hydrogen-bond donors (Lipinski definition) is 0. The lowest BCUT2D eigenvalue weighted by Gasteiger charge is -2.36. The van der Waals surface area contributed by atoms with E-state index in [1.165, 1.54) is 62.9 Å². The number of aromatic nitrogens is 2. The van der Waals surface area contributed by atoms with Gasteiger partial charge in [0.2, 0.25) is 0 Å². The van der Waals surface area contributed by atoms with E-state index in [1.54, 1.807) is 36.4 Å². The maximum Gasteiger partial charge on any atom is 0.264 e. The SMILES string of the molecule is COc1ccc(CN(Cc2ccc(OC)cc2OC)S(=O)(=O)c2cc(N(C(=O)c3cc(F)c(C)nc3N3CCC(F)(F)CC3)C3COCCO3)ccn2)c(OC)c1. The summed E-state index contributed by atoms with van der Waals surface area (Å²) in [6.07, 6.45) is -0.812. The summed E-state index contributed by atoms with van der Waals surface area (Å²) in [6.45, 7) is 1.01. The number of ether oxygens (including phenoxy) is 6. The van der Waals surface area contributed by atoms with Crippen molar-refractivity contribution >= 4 is 27.4 Å². The number of hydrogen-bond acceptors (Lipinski definition) is 12. The van der Waals surface area contributed by atoms with Crippen LogP contribution in [-0.4, -0.2) is 102 Å². The number of methoxy groups -OCH3 is 4. The van der Waals surface area contributed by atoms with Crippen LogP contribution in [0.5, 0.6) is 23.0 Å². The van der Waals surface area contributed by atoms with Crippen molar-refractivity contribution < 1.29 is 54.8 Å². The second-order valence-electron chi connectivity index (χ2n) is 13.3. The van der Waals surface area contributed by atoms with Gasteiger partial charge in [-0.2, -0.15) is 4.31 Å². The van der Waals surface area contributed by atoms with Crippen LogP contribution in [0.1, 0.15) is 40.0 Å². The van der Waals surface area contributed by atoms with E-state index in [-0.39, 0.29) is 68.8 Å². The number of pyridine rings is 2. The molecule has 2 saturated heterocycles. The van der Waals surface area contributed by atoms with Crippen LogP contribution >= 0.6 is 0 Å². The molecule has 57 heavy (non-hydrogen) atoms. The Kier molecular flexibility index (Phi) is 12.8. The number of nitrogens with zero attached hydrogens (tertiary/aromatic N) is 5. The molecule has 0 bridgehead atoms. The average molecular weight is 816 g/mol. The third kappa shape index (κ3) is 9.19. The Labute approximate surface area is 329 Å². The lowest BCUT2D eigenvalue weighted by molar-refractivity contribution is -0.0856. The standard InChI is InChI=1S/C39H44F3N5O9S/c1-25-32(40)21-31(37(44-25)45-14-11-39(41,42)12-15-45)38(48)47(36-24-55-16-17-56-36)28-10-13-43-35(18-28)57(49,50)46(22-26-6-8-29(51-2)19-33(26)53-4)23-27-7-9-30(52-3)20-34(27)54-5/h6-10,13,18-21,36H,11-12,14-17,22-24H2,1-5H3. The van der Waals surface area contributed by atoms with Gasteiger partial charge in [0.1, 0.15) is 34.6 Å². The van der Waals surface area contributed by atoms with Crippen LogP contribution in [0.4, 0.5) is 24.7 Å². The van der Waals surface area contributed by atoms with Crippen LogP contribution in [0.3, 0.4) is 0 Å². The maximum atomic E-state index is 15.2. The zero-order valence-electron chi connectivity index (χ0n) is 32.2. The fourth-order valence-corrected chi connectivity index (χ4v) is 7.92. The quantitative estimate of drug-likeness (QED) is 0.156. The lowest BCUT2D eigenvalue weighted by atomic mass is 10.1. The van der Waals surface area contributed by atoms with Gasteiger partial charge in [-0.25, -0.2) is 31.6 Å². The Bertz CT molecular complexity index is 2120. The molecule has 2 aliphatic rings. The Morgan fingerprint density at radius 2 is 1.51 bits per heavy atom. The third-order valence-corrected chi connectivity index (χ3v) is 11.4. The number of piperidine rings is 1. The molecule has 0 spiro atoms. The topological polar surface area (TPSA) is 142 Å². The Morgan fingerprint density at radius 3 is 2.05 bits per heavy atom. The van der Waals surface area contributed by atoms with Gasteiger partial charge in [-0.3, -0.25) is 9.69 Å². The molecule has 2 fully saturated rings. The number of aryl methyl sites for hydroxylation is 1. The summed E-state index contributed by atoms with van der Waals surface area (Å²) in [7, 11) is 1.40. The first-order valence-electron chi connectivity index (χ1n) is 18.0. The first-order chi connectivity index (χ1) is 27.3. The minimum Gasteiger partial charge on any atom is -0.497 e. The molecule has 4 heterocycles. The molecule has 1 amide bonds. The molecular formula is C39H44F3N5O9S. The zero-order valence-corrected chi connectivity index (χ0v) is 33.0. The molecule has 0 radical (unpaired) electrons. The zero-order chi connectivity index (χ0) is 40.9. The van der Waals surface area contributed by atoms with Crippen molar-refractivity contribution in [3.05, 3.63) is 89.0 Å². The largest absolute Gasteiger partial charge is 0.497 e. The van der Waals surface area contributed by atoms with Crippen LogP contribution < -0.4 is 28.7 Å². The molecule has 2 aromatic carbocycles. The summed E-state index contributed by atoms with van der Waals surface area (Å²) in [4.78, 5) is 26.0. The summed E-state index contributed by atoms with van der Waals surface area (Å²) in [5.41, 5.74) is 0.796. The fraction of sp³-hybridized carbons (Fsp3) is 0.410. The van der Waals surface area contributed by atoms with Crippen LogP contribution in [0.15, 0.2) is 65.8 Å². The van der Waals surface area contributed by atoms with Gasteiger partial charge < -0.3 is 33.3 Å². The van der Waals surface area contributed by atoms with Gasteiger partial charge in [-0.15, -0.1) is 0 Å². The highest BCUT2D eigenvalue weighted by Crippen LogP contribution is 2.36. The molecule has 2 aliphatic heterocycles. The molecule has 0 aliphatic carbocycles. The van der Waals surface area contributed by atoms with Crippen molar-refractivity contribution in [3.8, 4) is 23.0 Å². The Balaban J connectivity index is 1.43. The van der Waals surface area contributed by atoms with E-state index in [1.807, 2.05) is 0 Å². The van der Waals surface area contributed by atoms with Gasteiger partial charge in [0.05, 0.1) is 65.2 Å². The number of rotatable bonds is 14. The fourth-order valence-electron chi connectivity index (χ4n) is 6.57.